The Morgan fingerprint density at radius 2 is 1.80 bits per heavy atom. The summed E-state index contributed by atoms with van der Waals surface area (Å²) in [7, 11) is 2.10. The maximum Gasteiger partial charge on any atom is 0.264 e. The van der Waals surface area contributed by atoms with Crippen molar-refractivity contribution in [3.63, 3.8) is 0 Å². The lowest BCUT2D eigenvalue weighted by atomic mass is 9.90. The molecule has 186 valence electrons. The zero-order chi connectivity index (χ0) is 24.8. The Morgan fingerprint density at radius 1 is 1.03 bits per heavy atom. The summed E-state index contributed by atoms with van der Waals surface area (Å²) < 4.78 is 0. The summed E-state index contributed by atoms with van der Waals surface area (Å²) in [6, 6.07) is 19.2. The molecule has 1 aliphatic carbocycles. The smallest absolute Gasteiger partial charge is 0.264 e. The second kappa shape index (κ2) is 11.7. The van der Waals surface area contributed by atoms with Gasteiger partial charge in [0, 0.05) is 32.2 Å². The summed E-state index contributed by atoms with van der Waals surface area (Å²) in [5.41, 5.74) is 17.8. The number of benzene rings is 2. The molecule has 3 aromatic rings. The topological polar surface area (TPSA) is 75.6 Å². The van der Waals surface area contributed by atoms with Crippen LogP contribution in [0, 0.1) is 0 Å². The minimum absolute atomic E-state index is 0.120. The minimum atomic E-state index is 0.120. The van der Waals surface area contributed by atoms with E-state index in [2.05, 4.69) is 66.2 Å². The van der Waals surface area contributed by atoms with Gasteiger partial charge in [0.1, 0.15) is 0 Å². The lowest BCUT2D eigenvalue weighted by Gasteiger charge is -2.36. The molecule has 0 unspecified atom stereocenters. The van der Waals surface area contributed by atoms with Crippen molar-refractivity contribution in [2.75, 3.05) is 24.2 Å². The van der Waals surface area contributed by atoms with E-state index in [4.69, 9.17) is 11.5 Å². The number of hydrogen-bond donors (Lipinski definition) is 2. The van der Waals surface area contributed by atoms with Crippen molar-refractivity contribution in [1.29, 1.82) is 0 Å². The number of unbranched alkanes of at least 4 members (excludes halogenated alkanes) is 1. The van der Waals surface area contributed by atoms with Crippen molar-refractivity contribution in [3.8, 4) is 11.1 Å². The monoisotopic (exact) mass is 490 g/mol. The summed E-state index contributed by atoms with van der Waals surface area (Å²) in [6.45, 7) is 3.79. The van der Waals surface area contributed by atoms with Gasteiger partial charge in [0.25, 0.3) is 5.91 Å². The van der Waals surface area contributed by atoms with E-state index in [1.165, 1.54) is 11.3 Å². The molecule has 1 fully saturated rings. The van der Waals surface area contributed by atoms with Gasteiger partial charge < -0.3 is 21.3 Å². The van der Waals surface area contributed by atoms with Gasteiger partial charge in [-0.25, -0.2) is 0 Å². The van der Waals surface area contributed by atoms with Crippen LogP contribution in [0.15, 0.2) is 60.0 Å². The Bertz CT molecular complexity index is 1110. The van der Waals surface area contributed by atoms with E-state index in [1.54, 1.807) is 0 Å². The van der Waals surface area contributed by atoms with Crippen LogP contribution in [0.3, 0.4) is 0 Å². The molecule has 1 aliphatic rings. The first-order valence-corrected chi connectivity index (χ1v) is 13.6. The second-order valence-electron chi connectivity index (χ2n) is 9.73. The third-order valence-corrected chi connectivity index (χ3v) is 7.93. The van der Waals surface area contributed by atoms with Gasteiger partial charge >= 0.3 is 0 Å². The van der Waals surface area contributed by atoms with Gasteiger partial charge in [0.05, 0.1) is 16.3 Å². The van der Waals surface area contributed by atoms with Gasteiger partial charge in [0.2, 0.25) is 0 Å². The van der Waals surface area contributed by atoms with Gasteiger partial charge in [-0.2, -0.15) is 0 Å². The van der Waals surface area contributed by atoms with E-state index in [0.717, 1.165) is 78.0 Å². The molecule has 0 atom stereocenters. The highest BCUT2D eigenvalue weighted by molar-refractivity contribution is 7.12. The number of hydrogen-bond acceptors (Lipinski definition) is 5. The molecule has 35 heavy (non-hydrogen) atoms. The molecule has 0 saturated heterocycles. The van der Waals surface area contributed by atoms with Crippen LogP contribution >= 0.6 is 11.3 Å². The van der Waals surface area contributed by atoms with Crippen LogP contribution in [0.25, 0.3) is 11.1 Å². The molecule has 4 rings (SSSR count). The summed E-state index contributed by atoms with van der Waals surface area (Å²) in [6.07, 6.45) is 6.17. The number of nitrogens with zero attached hydrogens (tertiary/aromatic N) is 2. The van der Waals surface area contributed by atoms with Crippen molar-refractivity contribution < 1.29 is 4.79 Å². The van der Waals surface area contributed by atoms with Crippen molar-refractivity contribution in [2.45, 2.75) is 64.1 Å². The average Bonchev–Trinajstić information content (AvgIpc) is 3.41. The lowest BCUT2D eigenvalue weighted by Crippen LogP contribution is -2.43. The first-order chi connectivity index (χ1) is 17.0. The zero-order valence-electron chi connectivity index (χ0n) is 21.0. The zero-order valence-corrected chi connectivity index (χ0v) is 21.8. The van der Waals surface area contributed by atoms with Crippen LogP contribution in [0.4, 0.5) is 11.4 Å². The summed E-state index contributed by atoms with van der Waals surface area (Å²) in [5, 5.41) is 1.97. The quantitative estimate of drug-likeness (QED) is 0.353. The first kappa shape index (κ1) is 25.3. The second-order valence-corrected chi connectivity index (χ2v) is 10.7. The number of carbonyl (C=O) groups excluding carboxylic acids is 1. The van der Waals surface area contributed by atoms with E-state index in [1.807, 2.05) is 17.5 Å². The fraction of sp³-hybridized carbons (Fsp3) is 0.414. The van der Waals surface area contributed by atoms with Crippen LogP contribution < -0.4 is 16.4 Å². The predicted octanol–water partition coefficient (Wildman–Crippen LogP) is 6.15. The number of nitrogens with two attached hydrogens (primary N) is 2. The highest BCUT2D eigenvalue weighted by Crippen LogP contribution is 2.31. The largest absolute Gasteiger partial charge is 0.397 e. The Hall–Kier alpha value is -2.83. The van der Waals surface area contributed by atoms with Crippen LogP contribution in [0.2, 0.25) is 0 Å². The van der Waals surface area contributed by atoms with Gasteiger partial charge in [-0.1, -0.05) is 43.7 Å². The first-order valence-electron chi connectivity index (χ1n) is 12.8. The summed E-state index contributed by atoms with van der Waals surface area (Å²) >= 11 is 1.51. The number of amides is 1. The van der Waals surface area contributed by atoms with Gasteiger partial charge in [-0.15, -0.1) is 11.3 Å². The molecule has 1 aromatic heterocycles. The standard InChI is InChI=1S/C29H38N4OS/c1-3-4-16-32(2)27-15-10-23(19-26(27)31)22-8-5-7-21(18-22)20-33(25-13-11-24(30)12-14-25)29(34)28-9-6-17-35-28/h5-10,15,17-19,24-25H,3-4,11-14,16,20,30-31H2,1-2H3. The number of rotatable bonds is 9. The fourth-order valence-corrected chi connectivity index (χ4v) is 5.64. The summed E-state index contributed by atoms with van der Waals surface area (Å²) in [5.74, 6) is 0.120. The maximum absolute atomic E-state index is 13.5. The summed E-state index contributed by atoms with van der Waals surface area (Å²) in [4.78, 5) is 18.5. The Kier molecular flexibility index (Phi) is 8.47. The number of thiophene rings is 1. The highest BCUT2D eigenvalue weighted by Gasteiger charge is 2.29. The molecular weight excluding hydrogens is 452 g/mol. The number of carbonyl (C=O) groups is 1. The van der Waals surface area contributed by atoms with Crippen molar-refractivity contribution in [3.05, 3.63) is 70.4 Å². The molecule has 6 heteroatoms. The molecule has 0 radical (unpaired) electrons. The van der Waals surface area contributed by atoms with E-state index in [0.29, 0.717) is 6.54 Å². The maximum atomic E-state index is 13.5. The number of nitrogen functional groups attached to an aromatic ring is 1. The van der Waals surface area contributed by atoms with E-state index >= 15 is 0 Å². The van der Waals surface area contributed by atoms with Crippen LogP contribution in [0.5, 0.6) is 0 Å². The lowest BCUT2D eigenvalue weighted by molar-refractivity contribution is 0.0611. The van der Waals surface area contributed by atoms with Crippen molar-refractivity contribution >= 4 is 28.6 Å². The molecule has 0 spiro atoms. The average molecular weight is 491 g/mol. The molecule has 2 aromatic carbocycles. The molecule has 0 bridgehead atoms. The van der Waals surface area contributed by atoms with Gasteiger partial charge in [-0.3, -0.25) is 4.79 Å². The fourth-order valence-electron chi connectivity index (χ4n) is 4.97. The molecule has 1 heterocycles. The molecule has 4 N–H and O–H groups in total. The van der Waals surface area contributed by atoms with E-state index in [9.17, 15) is 4.79 Å². The van der Waals surface area contributed by atoms with Gasteiger partial charge in [-0.05, 0) is 78.4 Å². The Labute approximate surface area is 213 Å². The third kappa shape index (κ3) is 6.24. The minimum Gasteiger partial charge on any atom is -0.397 e. The predicted molar refractivity (Wildman–Crippen MR) is 149 cm³/mol. The Morgan fingerprint density at radius 3 is 2.49 bits per heavy atom. The van der Waals surface area contributed by atoms with Crippen LogP contribution in [-0.4, -0.2) is 36.5 Å². The van der Waals surface area contributed by atoms with Gasteiger partial charge in [0.15, 0.2) is 0 Å². The molecule has 1 amide bonds. The van der Waals surface area contributed by atoms with Crippen molar-refractivity contribution in [1.82, 2.24) is 4.90 Å². The Balaban J connectivity index is 1.56. The number of anilines is 2. The van der Waals surface area contributed by atoms with Crippen molar-refractivity contribution in [2.24, 2.45) is 5.73 Å². The normalized spacial score (nSPS) is 17.8. The molecule has 0 aliphatic heterocycles. The SMILES string of the molecule is CCCCN(C)c1ccc(-c2cccc(CN(C(=O)c3cccs3)C3CCC(N)CC3)c2)cc1N. The highest BCUT2D eigenvalue weighted by atomic mass is 32.1. The molecule has 1 saturated carbocycles. The van der Waals surface area contributed by atoms with E-state index in [-0.39, 0.29) is 18.0 Å². The van der Waals surface area contributed by atoms with Crippen LogP contribution in [-0.2, 0) is 6.54 Å². The van der Waals surface area contributed by atoms with Crippen LogP contribution in [0.1, 0.15) is 60.7 Å². The molecule has 5 nitrogen and oxygen atoms in total. The molecular formula is C29H38N4OS. The van der Waals surface area contributed by atoms with E-state index < -0.39 is 0 Å². The third-order valence-electron chi connectivity index (χ3n) is 7.07.